The monoisotopic (exact) mass is 446 g/mol. The molecule has 0 saturated heterocycles. The third-order valence-corrected chi connectivity index (χ3v) is 5.06. The van der Waals surface area contributed by atoms with Crippen molar-refractivity contribution in [2.24, 2.45) is 4.99 Å². The molecule has 150 valence electrons. The van der Waals surface area contributed by atoms with Gasteiger partial charge in [0.2, 0.25) is 5.91 Å². The molecule has 0 spiro atoms. The van der Waals surface area contributed by atoms with Crippen LogP contribution in [0.25, 0.3) is 0 Å². The summed E-state index contributed by atoms with van der Waals surface area (Å²) in [5.41, 5.74) is 2.12. The maximum Gasteiger partial charge on any atom is 0.224 e. The van der Waals surface area contributed by atoms with Crippen molar-refractivity contribution in [3.63, 3.8) is 0 Å². The van der Waals surface area contributed by atoms with Gasteiger partial charge in [0.05, 0.1) is 7.11 Å². The van der Waals surface area contributed by atoms with Crippen molar-refractivity contribution in [3.05, 3.63) is 64.1 Å². The number of nitrogens with zero attached hydrogens (tertiary/aromatic N) is 2. The second-order valence-corrected chi connectivity index (χ2v) is 7.11. The number of para-hydroxylation sites is 1. The van der Waals surface area contributed by atoms with E-state index in [2.05, 4.69) is 31.6 Å². The van der Waals surface area contributed by atoms with Gasteiger partial charge >= 0.3 is 0 Å². The molecule has 2 N–H and O–H groups in total. The highest BCUT2D eigenvalue weighted by Gasteiger charge is 2.11. The number of halogens is 1. The van der Waals surface area contributed by atoms with Gasteiger partial charge in [-0.2, -0.15) is 0 Å². The number of rotatable bonds is 8. The number of hydrogen-bond donors (Lipinski definition) is 2. The first kappa shape index (κ1) is 21.8. The second-order valence-electron chi connectivity index (χ2n) is 6.26. The maximum absolute atomic E-state index is 12.4. The molecule has 0 fully saturated rings. The molecule has 0 atom stereocenters. The molecule has 0 radical (unpaired) electrons. The summed E-state index contributed by atoms with van der Waals surface area (Å²) in [5, 5.41) is 6.42. The summed E-state index contributed by atoms with van der Waals surface area (Å²) in [6, 6.07) is 15.7. The Labute approximate surface area is 175 Å². The minimum atomic E-state index is 0.0726. The summed E-state index contributed by atoms with van der Waals surface area (Å²) >= 11 is 3.52. The van der Waals surface area contributed by atoms with Gasteiger partial charge in [-0.3, -0.25) is 9.79 Å². The predicted octanol–water partition coefficient (Wildman–Crippen LogP) is 3.17. The fourth-order valence-corrected chi connectivity index (χ4v) is 3.11. The summed E-state index contributed by atoms with van der Waals surface area (Å²) in [6.45, 7) is 1.66. The lowest BCUT2D eigenvalue weighted by Gasteiger charge is -2.19. The lowest BCUT2D eigenvalue weighted by atomic mass is 10.2. The van der Waals surface area contributed by atoms with Crippen molar-refractivity contribution >= 4 is 27.8 Å². The molecule has 7 heteroatoms. The molecule has 0 aliphatic heterocycles. The van der Waals surface area contributed by atoms with Crippen LogP contribution < -0.4 is 15.4 Å². The number of nitrogens with one attached hydrogen (secondary N) is 2. The van der Waals surface area contributed by atoms with Gasteiger partial charge in [0.25, 0.3) is 0 Å². The Morgan fingerprint density at radius 1 is 1.11 bits per heavy atom. The minimum absolute atomic E-state index is 0.0726. The number of methoxy groups -OCH3 is 1. The third-order valence-electron chi connectivity index (χ3n) is 4.28. The Morgan fingerprint density at radius 3 is 2.46 bits per heavy atom. The van der Waals surface area contributed by atoms with Crippen LogP contribution in [0.2, 0.25) is 0 Å². The Hall–Kier alpha value is -2.54. The molecule has 0 saturated carbocycles. The topological polar surface area (TPSA) is 66.0 Å². The van der Waals surface area contributed by atoms with E-state index in [1.54, 1.807) is 19.1 Å². The Kier molecular flexibility index (Phi) is 8.81. The number of benzene rings is 2. The minimum Gasteiger partial charge on any atom is -0.496 e. The van der Waals surface area contributed by atoms with E-state index >= 15 is 0 Å². The molecule has 1 amide bonds. The molecule has 0 heterocycles. The molecule has 0 aromatic heterocycles. The van der Waals surface area contributed by atoms with Gasteiger partial charge in [-0.1, -0.05) is 52.3 Å². The van der Waals surface area contributed by atoms with Crippen molar-refractivity contribution in [2.75, 3.05) is 27.7 Å². The van der Waals surface area contributed by atoms with Crippen molar-refractivity contribution in [2.45, 2.75) is 19.5 Å². The van der Waals surface area contributed by atoms with Gasteiger partial charge in [0.1, 0.15) is 5.75 Å². The van der Waals surface area contributed by atoms with E-state index in [4.69, 9.17) is 4.74 Å². The summed E-state index contributed by atoms with van der Waals surface area (Å²) < 4.78 is 6.36. The zero-order valence-corrected chi connectivity index (χ0v) is 18.1. The van der Waals surface area contributed by atoms with Crippen LogP contribution in [0, 0.1) is 0 Å². The summed E-state index contributed by atoms with van der Waals surface area (Å²) in [7, 11) is 5.18. The van der Waals surface area contributed by atoms with Crippen LogP contribution in [0.5, 0.6) is 5.75 Å². The molecule has 6 nitrogen and oxygen atoms in total. The Morgan fingerprint density at radius 2 is 1.79 bits per heavy atom. The molecular formula is C21H27BrN4O2. The molecule has 0 aliphatic carbocycles. The summed E-state index contributed by atoms with van der Waals surface area (Å²) in [6.07, 6.45) is 0.385. The number of amides is 1. The van der Waals surface area contributed by atoms with Gasteiger partial charge in [0.15, 0.2) is 5.96 Å². The highest BCUT2D eigenvalue weighted by molar-refractivity contribution is 9.10. The molecule has 2 aromatic rings. The molecule has 0 unspecified atom stereocenters. The molecule has 28 heavy (non-hydrogen) atoms. The van der Waals surface area contributed by atoms with Crippen molar-refractivity contribution in [1.82, 2.24) is 15.5 Å². The largest absolute Gasteiger partial charge is 0.496 e. The lowest BCUT2D eigenvalue weighted by molar-refractivity contribution is -0.130. The first-order chi connectivity index (χ1) is 13.5. The van der Waals surface area contributed by atoms with Crippen molar-refractivity contribution < 1.29 is 9.53 Å². The Bertz CT molecular complexity index is 810. The summed E-state index contributed by atoms with van der Waals surface area (Å²) in [4.78, 5) is 18.3. The molecular weight excluding hydrogens is 420 g/mol. The quantitative estimate of drug-likeness (QED) is 0.482. The van der Waals surface area contributed by atoms with Gasteiger partial charge in [0, 0.05) is 50.2 Å². The fraction of sp³-hybridized carbons (Fsp3) is 0.333. The number of carbonyl (C=O) groups excluding carboxylic acids is 1. The zero-order chi connectivity index (χ0) is 20.4. The van der Waals surface area contributed by atoms with E-state index < -0.39 is 0 Å². The molecule has 0 aliphatic rings. The van der Waals surface area contributed by atoms with Crippen LogP contribution in [0.15, 0.2) is 58.0 Å². The summed E-state index contributed by atoms with van der Waals surface area (Å²) in [5.74, 6) is 1.55. The maximum atomic E-state index is 12.4. The normalized spacial score (nSPS) is 11.1. The first-order valence-corrected chi connectivity index (χ1v) is 9.88. The third kappa shape index (κ3) is 6.56. The average molecular weight is 447 g/mol. The fourth-order valence-electron chi connectivity index (χ4n) is 2.70. The SMILES string of the molecule is CN=C(NCCC(=O)N(C)Cc1ccccc1Br)NCc1ccccc1OC. The lowest BCUT2D eigenvalue weighted by Crippen LogP contribution is -2.39. The molecule has 2 aromatic carbocycles. The van der Waals surface area contributed by atoms with Crippen LogP contribution in [0.4, 0.5) is 0 Å². The predicted molar refractivity (Wildman–Crippen MR) is 116 cm³/mol. The highest BCUT2D eigenvalue weighted by atomic mass is 79.9. The van der Waals surface area contributed by atoms with E-state index in [1.165, 1.54) is 0 Å². The molecule has 0 bridgehead atoms. The number of aliphatic imine (C=N–C) groups is 1. The number of ether oxygens (including phenoxy) is 1. The van der Waals surface area contributed by atoms with Gasteiger partial charge in [-0.05, 0) is 17.7 Å². The second kappa shape index (κ2) is 11.3. The van der Waals surface area contributed by atoms with Gasteiger partial charge in [-0.15, -0.1) is 0 Å². The van der Waals surface area contributed by atoms with E-state index in [-0.39, 0.29) is 5.91 Å². The van der Waals surface area contributed by atoms with Crippen LogP contribution in [-0.4, -0.2) is 44.5 Å². The Balaban J connectivity index is 1.77. The van der Waals surface area contributed by atoms with Gasteiger partial charge < -0.3 is 20.3 Å². The van der Waals surface area contributed by atoms with E-state index in [0.29, 0.717) is 32.0 Å². The average Bonchev–Trinajstić information content (AvgIpc) is 2.72. The standard InChI is InChI=1S/C21H27BrN4O2/c1-23-21(25-14-16-8-5-7-11-19(16)28-3)24-13-12-20(27)26(2)15-17-9-4-6-10-18(17)22/h4-11H,12-15H2,1-3H3,(H2,23,24,25). The van der Waals surface area contributed by atoms with Crippen LogP contribution >= 0.6 is 15.9 Å². The zero-order valence-electron chi connectivity index (χ0n) is 16.5. The van der Waals surface area contributed by atoms with E-state index in [9.17, 15) is 4.79 Å². The molecule has 2 rings (SSSR count). The number of carbonyl (C=O) groups is 1. The van der Waals surface area contributed by atoms with Crippen LogP contribution in [-0.2, 0) is 17.9 Å². The van der Waals surface area contributed by atoms with E-state index in [0.717, 1.165) is 21.3 Å². The van der Waals surface area contributed by atoms with Crippen molar-refractivity contribution in [3.8, 4) is 5.75 Å². The van der Waals surface area contributed by atoms with Crippen LogP contribution in [0.3, 0.4) is 0 Å². The van der Waals surface area contributed by atoms with Crippen LogP contribution in [0.1, 0.15) is 17.5 Å². The van der Waals surface area contributed by atoms with Crippen molar-refractivity contribution in [1.29, 1.82) is 0 Å². The van der Waals surface area contributed by atoms with E-state index in [1.807, 2.05) is 55.6 Å². The first-order valence-electron chi connectivity index (χ1n) is 9.09. The smallest absolute Gasteiger partial charge is 0.224 e. The number of guanidine groups is 1. The number of hydrogen-bond acceptors (Lipinski definition) is 3. The van der Waals surface area contributed by atoms with Gasteiger partial charge in [-0.25, -0.2) is 0 Å². The highest BCUT2D eigenvalue weighted by Crippen LogP contribution is 2.18.